The molecule has 1 aliphatic heterocycles. The molecule has 1 aliphatic rings. The van der Waals surface area contributed by atoms with Gasteiger partial charge >= 0.3 is 5.69 Å². The number of imidazole rings is 1. The van der Waals surface area contributed by atoms with Crippen molar-refractivity contribution in [3.63, 3.8) is 0 Å². The molecule has 1 fully saturated rings. The van der Waals surface area contributed by atoms with Crippen molar-refractivity contribution in [3.05, 3.63) is 54.6 Å². The molecule has 0 spiro atoms. The van der Waals surface area contributed by atoms with Crippen molar-refractivity contribution >= 4 is 40.3 Å². The highest BCUT2D eigenvalue weighted by molar-refractivity contribution is 6.42. The van der Waals surface area contributed by atoms with E-state index in [9.17, 15) is 9.59 Å². The molecule has 0 atom stereocenters. The SMILES string of the molecule is CN1CCN(Nc2nc3c(c(=O)n(Cc4ccc(Cl)c(Cl)c4)c(=O)n3C)n2C)CC1. The summed E-state index contributed by atoms with van der Waals surface area (Å²) < 4.78 is 4.27. The van der Waals surface area contributed by atoms with E-state index in [4.69, 9.17) is 23.2 Å². The van der Waals surface area contributed by atoms with Gasteiger partial charge in [-0.2, -0.15) is 4.98 Å². The van der Waals surface area contributed by atoms with Crippen LogP contribution in [0.25, 0.3) is 11.2 Å². The molecule has 3 aromatic rings. The predicted octanol–water partition coefficient (Wildman–Crippen LogP) is 1.36. The number of likely N-dealkylation sites (N-methyl/N-ethyl adjacent to an activating group) is 1. The Hall–Kier alpha value is -2.33. The van der Waals surface area contributed by atoms with Crippen LogP contribution < -0.4 is 16.7 Å². The van der Waals surface area contributed by atoms with Gasteiger partial charge in [0.15, 0.2) is 11.2 Å². The van der Waals surface area contributed by atoms with Crippen LogP contribution >= 0.6 is 23.2 Å². The van der Waals surface area contributed by atoms with Gasteiger partial charge in [0.05, 0.1) is 16.6 Å². The lowest BCUT2D eigenvalue weighted by Crippen LogP contribution is -2.47. The fourth-order valence-electron chi connectivity index (χ4n) is 3.56. The summed E-state index contributed by atoms with van der Waals surface area (Å²) in [5.74, 6) is 0.522. The van der Waals surface area contributed by atoms with Crippen molar-refractivity contribution in [3.8, 4) is 0 Å². The predicted molar refractivity (Wildman–Crippen MR) is 118 cm³/mol. The summed E-state index contributed by atoms with van der Waals surface area (Å²) in [7, 11) is 5.46. The van der Waals surface area contributed by atoms with Crippen LogP contribution in [0, 0.1) is 0 Å². The molecule has 1 aromatic carbocycles. The van der Waals surface area contributed by atoms with Crippen molar-refractivity contribution in [2.24, 2.45) is 14.1 Å². The largest absolute Gasteiger partial charge is 0.332 e. The Morgan fingerprint density at radius 2 is 1.70 bits per heavy atom. The molecule has 0 saturated carbocycles. The molecular weight excluding hydrogens is 429 g/mol. The topological polar surface area (TPSA) is 80.3 Å². The first-order valence-corrected chi connectivity index (χ1v) is 10.3. The minimum Gasteiger partial charge on any atom is -0.306 e. The number of aromatic nitrogens is 4. The Morgan fingerprint density at radius 3 is 2.37 bits per heavy atom. The van der Waals surface area contributed by atoms with Crippen LogP contribution in [0.4, 0.5) is 5.95 Å². The number of hydrogen-bond acceptors (Lipinski definition) is 6. The third-order valence-electron chi connectivity index (χ3n) is 5.45. The van der Waals surface area contributed by atoms with Crippen molar-refractivity contribution in [1.82, 2.24) is 28.6 Å². The molecule has 3 heterocycles. The lowest BCUT2D eigenvalue weighted by Gasteiger charge is -2.32. The summed E-state index contributed by atoms with van der Waals surface area (Å²) >= 11 is 12.1. The molecule has 9 nitrogen and oxygen atoms in total. The highest BCUT2D eigenvalue weighted by atomic mass is 35.5. The van der Waals surface area contributed by atoms with Gasteiger partial charge in [0, 0.05) is 40.3 Å². The zero-order valence-corrected chi connectivity index (χ0v) is 18.5. The molecule has 0 aliphatic carbocycles. The number of fused-ring (bicyclic) bond motifs is 1. The molecule has 0 radical (unpaired) electrons. The number of rotatable bonds is 4. The first-order valence-electron chi connectivity index (χ1n) is 9.56. The molecular formula is C19H23Cl2N7O2. The minimum absolute atomic E-state index is 0.0880. The summed E-state index contributed by atoms with van der Waals surface area (Å²) in [4.78, 5) is 32.9. The van der Waals surface area contributed by atoms with E-state index in [2.05, 4.69) is 27.4 Å². The second-order valence-electron chi connectivity index (χ2n) is 7.55. The van der Waals surface area contributed by atoms with Gasteiger partial charge in [-0.15, -0.1) is 0 Å². The second-order valence-corrected chi connectivity index (χ2v) is 8.36. The first kappa shape index (κ1) is 20.9. The molecule has 11 heteroatoms. The molecule has 1 saturated heterocycles. The van der Waals surface area contributed by atoms with Gasteiger partial charge in [-0.3, -0.25) is 19.4 Å². The van der Waals surface area contributed by atoms with Crippen molar-refractivity contribution in [2.75, 3.05) is 38.7 Å². The van der Waals surface area contributed by atoms with Crippen molar-refractivity contribution in [1.29, 1.82) is 0 Å². The lowest BCUT2D eigenvalue weighted by atomic mass is 10.2. The number of piperazine rings is 1. The normalized spacial score (nSPS) is 15.8. The molecule has 0 amide bonds. The van der Waals surface area contributed by atoms with E-state index in [-0.39, 0.29) is 6.54 Å². The number of hydrogen-bond donors (Lipinski definition) is 1. The van der Waals surface area contributed by atoms with E-state index in [0.717, 1.165) is 26.2 Å². The standard InChI is InChI=1S/C19H23Cl2N7O2/c1-24-6-8-27(9-7-24)23-18-22-16-15(25(18)2)17(29)28(19(30)26(16)3)11-12-4-5-13(20)14(21)10-12/h4-5,10H,6-9,11H2,1-3H3,(H,22,23). The number of halogens is 2. The average molecular weight is 452 g/mol. The Morgan fingerprint density at radius 1 is 1.00 bits per heavy atom. The Balaban J connectivity index is 1.74. The third kappa shape index (κ3) is 3.74. The monoisotopic (exact) mass is 451 g/mol. The summed E-state index contributed by atoms with van der Waals surface area (Å²) in [6.07, 6.45) is 0. The summed E-state index contributed by atoms with van der Waals surface area (Å²) in [5, 5.41) is 2.86. The maximum Gasteiger partial charge on any atom is 0.332 e. The van der Waals surface area contributed by atoms with E-state index in [0.29, 0.717) is 32.7 Å². The maximum absolute atomic E-state index is 13.2. The van der Waals surface area contributed by atoms with Crippen molar-refractivity contribution < 1.29 is 0 Å². The number of hydrazine groups is 1. The first-order chi connectivity index (χ1) is 14.3. The number of nitrogens with zero attached hydrogens (tertiary/aromatic N) is 6. The van der Waals surface area contributed by atoms with Crippen LogP contribution in [-0.2, 0) is 20.6 Å². The summed E-state index contributed by atoms with van der Waals surface area (Å²) in [6.45, 7) is 3.63. The summed E-state index contributed by atoms with van der Waals surface area (Å²) in [6, 6.07) is 5.05. The quantitative estimate of drug-likeness (QED) is 0.644. The fourth-order valence-corrected chi connectivity index (χ4v) is 3.88. The molecule has 4 rings (SSSR count). The van der Waals surface area contributed by atoms with Gasteiger partial charge in [0.1, 0.15) is 0 Å². The number of benzene rings is 1. The van der Waals surface area contributed by atoms with Gasteiger partial charge in [0.2, 0.25) is 5.95 Å². The van der Waals surface area contributed by atoms with E-state index < -0.39 is 11.2 Å². The van der Waals surface area contributed by atoms with Gasteiger partial charge in [0.25, 0.3) is 5.56 Å². The number of nitrogens with one attached hydrogen (secondary N) is 1. The van der Waals surface area contributed by atoms with E-state index >= 15 is 0 Å². The van der Waals surface area contributed by atoms with Crippen LogP contribution in [0.3, 0.4) is 0 Å². The van der Waals surface area contributed by atoms with Crippen LogP contribution in [0.5, 0.6) is 0 Å². The molecule has 160 valence electrons. The smallest absolute Gasteiger partial charge is 0.306 e. The van der Waals surface area contributed by atoms with Gasteiger partial charge in [-0.25, -0.2) is 9.80 Å². The summed E-state index contributed by atoms with van der Waals surface area (Å²) in [5.41, 5.74) is 3.84. The van der Waals surface area contributed by atoms with Crippen LogP contribution in [0.15, 0.2) is 27.8 Å². The van der Waals surface area contributed by atoms with E-state index in [1.165, 1.54) is 9.13 Å². The van der Waals surface area contributed by atoms with Crippen molar-refractivity contribution in [2.45, 2.75) is 6.54 Å². The molecule has 30 heavy (non-hydrogen) atoms. The number of anilines is 1. The van der Waals surface area contributed by atoms with Gasteiger partial charge in [-0.1, -0.05) is 29.3 Å². The minimum atomic E-state index is -0.442. The fraction of sp³-hybridized carbons (Fsp3) is 0.421. The second kappa shape index (κ2) is 8.07. The van der Waals surface area contributed by atoms with Crippen LogP contribution in [0.2, 0.25) is 10.0 Å². The Kier molecular flexibility index (Phi) is 5.63. The van der Waals surface area contributed by atoms with Gasteiger partial charge in [-0.05, 0) is 24.7 Å². The highest BCUT2D eigenvalue weighted by Gasteiger charge is 2.21. The third-order valence-corrected chi connectivity index (χ3v) is 6.19. The Labute approximate surface area is 183 Å². The molecule has 0 bridgehead atoms. The molecule has 1 N–H and O–H groups in total. The maximum atomic E-state index is 13.2. The lowest BCUT2D eigenvalue weighted by molar-refractivity contribution is 0.177. The van der Waals surface area contributed by atoms with Gasteiger partial charge < -0.3 is 9.47 Å². The van der Waals surface area contributed by atoms with Crippen LogP contribution in [-0.4, -0.2) is 61.8 Å². The van der Waals surface area contributed by atoms with E-state index in [1.807, 2.05) is 0 Å². The number of aryl methyl sites for hydroxylation is 2. The van der Waals surface area contributed by atoms with E-state index in [1.54, 1.807) is 36.9 Å². The highest BCUT2D eigenvalue weighted by Crippen LogP contribution is 2.23. The average Bonchev–Trinajstić information content (AvgIpc) is 3.04. The zero-order valence-electron chi connectivity index (χ0n) is 17.0. The Bertz CT molecular complexity index is 1220. The van der Waals surface area contributed by atoms with Crippen LogP contribution in [0.1, 0.15) is 5.56 Å². The molecule has 0 unspecified atom stereocenters. The molecule has 2 aromatic heterocycles. The zero-order chi connectivity index (χ0) is 21.6.